The number of hydrogen-bond donors (Lipinski definition) is 2. The molecule has 0 spiro atoms. The number of fused-ring (bicyclic) bond motifs is 1. The molecular weight excluding hydrogens is 238 g/mol. The smallest absolute Gasteiger partial charge is 0.224 e. The molecule has 5 heteroatoms. The molecule has 19 heavy (non-hydrogen) atoms. The summed E-state index contributed by atoms with van der Waals surface area (Å²) in [4.78, 5) is 0. The van der Waals surface area contributed by atoms with Gasteiger partial charge in [0.1, 0.15) is 0 Å². The Morgan fingerprint density at radius 2 is 2.05 bits per heavy atom. The average molecular weight is 257 g/mol. The zero-order chi connectivity index (χ0) is 13.2. The van der Waals surface area contributed by atoms with E-state index >= 15 is 0 Å². The molecule has 2 aromatic rings. The van der Waals surface area contributed by atoms with Crippen LogP contribution in [0.4, 0.5) is 5.95 Å². The largest absolute Gasteiger partial charge is 0.355 e. The molecule has 0 saturated heterocycles. The number of aromatic nitrogens is 3. The summed E-state index contributed by atoms with van der Waals surface area (Å²) in [5, 5.41) is 15.2. The van der Waals surface area contributed by atoms with E-state index in [2.05, 4.69) is 57.4 Å². The van der Waals surface area contributed by atoms with Crippen LogP contribution in [0.5, 0.6) is 0 Å². The van der Waals surface area contributed by atoms with E-state index in [1.54, 1.807) is 0 Å². The Morgan fingerprint density at radius 1 is 1.21 bits per heavy atom. The molecule has 0 amide bonds. The molecule has 3 rings (SSSR count). The molecule has 0 bridgehead atoms. The molecular formula is C14H19N5. The Kier molecular flexibility index (Phi) is 3.21. The lowest BCUT2D eigenvalue weighted by Crippen LogP contribution is -2.07. The van der Waals surface area contributed by atoms with Crippen molar-refractivity contribution in [2.24, 2.45) is 0 Å². The number of benzene rings is 1. The van der Waals surface area contributed by atoms with E-state index in [0.717, 1.165) is 43.5 Å². The minimum absolute atomic E-state index is 0.846. The van der Waals surface area contributed by atoms with E-state index < -0.39 is 0 Å². The van der Waals surface area contributed by atoms with Gasteiger partial charge in [-0.25, -0.2) is 0 Å². The summed E-state index contributed by atoms with van der Waals surface area (Å²) in [6.07, 6.45) is 0. The van der Waals surface area contributed by atoms with Crippen molar-refractivity contribution in [1.29, 1.82) is 0 Å². The third-order valence-corrected chi connectivity index (χ3v) is 3.50. The minimum Gasteiger partial charge on any atom is -0.355 e. The number of nitrogens with zero attached hydrogens (tertiary/aromatic N) is 3. The van der Waals surface area contributed by atoms with Gasteiger partial charge in [-0.05, 0) is 31.0 Å². The van der Waals surface area contributed by atoms with Gasteiger partial charge in [-0.3, -0.25) is 4.57 Å². The van der Waals surface area contributed by atoms with Crippen LogP contribution < -0.4 is 10.6 Å². The van der Waals surface area contributed by atoms with Crippen LogP contribution in [0.2, 0.25) is 0 Å². The van der Waals surface area contributed by atoms with Crippen molar-refractivity contribution < 1.29 is 0 Å². The lowest BCUT2D eigenvalue weighted by Gasteiger charge is -2.09. The fourth-order valence-electron chi connectivity index (χ4n) is 2.54. The van der Waals surface area contributed by atoms with E-state index in [0.29, 0.717) is 0 Å². The number of anilines is 1. The highest BCUT2D eigenvalue weighted by molar-refractivity contribution is 5.60. The minimum atomic E-state index is 0.846. The molecule has 1 aliphatic rings. The lowest BCUT2D eigenvalue weighted by atomic mass is 10.1. The maximum absolute atomic E-state index is 4.33. The first-order chi connectivity index (χ1) is 9.33. The van der Waals surface area contributed by atoms with Crippen molar-refractivity contribution in [3.05, 3.63) is 29.3 Å². The molecule has 1 aromatic heterocycles. The highest BCUT2D eigenvalue weighted by Gasteiger charge is 2.15. The number of hydrogen-bond acceptors (Lipinski definition) is 4. The zero-order valence-corrected chi connectivity index (χ0v) is 11.4. The highest BCUT2D eigenvalue weighted by Crippen LogP contribution is 2.25. The molecule has 1 aromatic carbocycles. The fraction of sp³-hybridized carbons (Fsp3) is 0.429. The van der Waals surface area contributed by atoms with Crippen molar-refractivity contribution in [2.75, 3.05) is 11.9 Å². The van der Waals surface area contributed by atoms with Gasteiger partial charge in [0.15, 0.2) is 5.82 Å². The first kappa shape index (κ1) is 12.2. The first-order valence-corrected chi connectivity index (χ1v) is 6.83. The van der Waals surface area contributed by atoms with Gasteiger partial charge in [0, 0.05) is 31.7 Å². The van der Waals surface area contributed by atoms with Crippen molar-refractivity contribution in [3.63, 3.8) is 0 Å². The van der Waals surface area contributed by atoms with Crippen LogP contribution in [0.3, 0.4) is 0 Å². The first-order valence-electron chi connectivity index (χ1n) is 6.83. The standard InChI is InChI=1S/C14H19N5/c1-3-16-14-18-17-13(19(14)4-2)10-5-6-11-8-15-9-12(11)7-10/h5-7,15H,3-4,8-9H2,1-2H3,(H,16,18). The molecule has 1 aliphatic heterocycles. The second-order valence-electron chi connectivity index (χ2n) is 4.71. The van der Waals surface area contributed by atoms with E-state index in [1.807, 2.05) is 0 Å². The molecule has 0 unspecified atom stereocenters. The fourth-order valence-corrected chi connectivity index (χ4v) is 2.54. The predicted molar refractivity (Wildman–Crippen MR) is 75.8 cm³/mol. The summed E-state index contributed by atoms with van der Waals surface area (Å²) in [7, 11) is 0. The molecule has 2 N–H and O–H groups in total. The van der Waals surface area contributed by atoms with Crippen molar-refractivity contribution in [1.82, 2.24) is 20.1 Å². The third kappa shape index (κ3) is 2.10. The summed E-state index contributed by atoms with van der Waals surface area (Å²) in [6, 6.07) is 6.55. The third-order valence-electron chi connectivity index (χ3n) is 3.50. The van der Waals surface area contributed by atoms with Crippen LogP contribution in [0.1, 0.15) is 25.0 Å². The lowest BCUT2D eigenvalue weighted by molar-refractivity contribution is 0.764. The SMILES string of the molecule is CCNc1nnc(-c2ccc3c(c2)CNC3)n1CC. The van der Waals surface area contributed by atoms with Gasteiger partial charge in [0.25, 0.3) is 0 Å². The van der Waals surface area contributed by atoms with Crippen LogP contribution in [0, 0.1) is 0 Å². The molecule has 100 valence electrons. The van der Waals surface area contributed by atoms with E-state index in [-0.39, 0.29) is 0 Å². The van der Waals surface area contributed by atoms with Gasteiger partial charge in [-0.1, -0.05) is 12.1 Å². The summed E-state index contributed by atoms with van der Waals surface area (Å²) < 4.78 is 2.12. The van der Waals surface area contributed by atoms with Crippen LogP contribution >= 0.6 is 0 Å². The second-order valence-corrected chi connectivity index (χ2v) is 4.71. The number of nitrogens with one attached hydrogen (secondary N) is 2. The van der Waals surface area contributed by atoms with Crippen molar-refractivity contribution in [3.8, 4) is 11.4 Å². The van der Waals surface area contributed by atoms with Gasteiger partial charge in [0.05, 0.1) is 0 Å². The molecule has 5 nitrogen and oxygen atoms in total. The molecule has 0 fully saturated rings. The maximum atomic E-state index is 4.33. The van der Waals surface area contributed by atoms with Gasteiger partial charge < -0.3 is 10.6 Å². The van der Waals surface area contributed by atoms with Crippen LogP contribution in [0.15, 0.2) is 18.2 Å². The normalized spacial score (nSPS) is 13.6. The molecule has 0 aliphatic carbocycles. The number of rotatable bonds is 4. The van der Waals surface area contributed by atoms with E-state index in [4.69, 9.17) is 0 Å². The Hall–Kier alpha value is -1.88. The van der Waals surface area contributed by atoms with Crippen molar-refractivity contribution in [2.45, 2.75) is 33.5 Å². The molecule has 0 radical (unpaired) electrons. The van der Waals surface area contributed by atoms with Gasteiger partial charge in [-0.2, -0.15) is 0 Å². The van der Waals surface area contributed by atoms with Crippen LogP contribution in [-0.2, 0) is 19.6 Å². The second kappa shape index (κ2) is 5.01. The zero-order valence-electron chi connectivity index (χ0n) is 11.4. The van der Waals surface area contributed by atoms with Gasteiger partial charge >= 0.3 is 0 Å². The Labute approximate surface area is 113 Å². The Morgan fingerprint density at radius 3 is 2.84 bits per heavy atom. The maximum Gasteiger partial charge on any atom is 0.224 e. The van der Waals surface area contributed by atoms with Gasteiger partial charge in [-0.15, -0.1) is 10.2 Å². The Balaban J connectivity index is 2.02. The highest BCUT2D eigenvalue weighted by atomic mass is 15.3. The quantitative estimate of drug-likeness (QED) is 0.879. The summed E-state index contributed by atoms with van der Waals surface area (Å²) in [5.74, 6) is 1.78. The monoisotopic (exact) mass is 257 g/mol. The average Bonchev–Trinajstić information content (AvgIpc) is 3.04. The summed E-state index contributed by atoms with van der Waals surface area (Å²) in [5.41, 5.74) is 3.90. The Bertz CT molecular complexity index is 588. The topological polar surface area (TPSA) is 54.8 Å². The molecule has 0 atom stereocenters. The van der Waals surface area contributed by atoms with Crippen LogP contribution in [-0.4, -0.2) is 21.3 Å². The summed E-state index contributed by atoms with van der Waals surface area (Å²) >= 11 is 0. The summed E-state index contributed by atoms with van der Waals surface area (Å²) in [6.45, 7) is 7.81. The van der Waals surface area contributed by atoms with Crippen LogP contribution in [0.25, 0.3) is 11.4 Å². The van der Waals surface area contributed by atoms with E-state index in [9.17, 15) is 0 Å². The van der Waals surface area contributed by atoms with Crippen molar-refractivity contribution >= 4 is 5.95 Å². The van der Waals surface area contributed by atoms with Gasteiger partial charge in [0.2, 0.25) is 5.95 Å². The molecule has 0 saturated carbocycles. The predicted octanol–water partition coefficient (Wildman–Crippen LogP) is 2.00. The molecule has 2 heterocycles. The van der Waals surface area contributed by atoms with E-state index in [1.165, 1.54) is 11.1 Å².